The summed E-state index contributed by atoms with van der Waals surface area (Å²) in [6, 6.07) is 19.2. The summed E-state index contributed by atoms with van der Waals surface area (Å²) in [5.41, 5.74) is 2.65. The number of amides is 1. The van der Waals surface area contributed by atoms with Crippen LogP contribution in [0, 0.1) is 12.8 Å². The Labute approximate surface area is 162 Å². The lowest BCUT2D eigenvalue weighted by atomic mass is 9.71. The van der Waals surface area contributed by atoms with Crippen molar-refractivity contribution in [1.82, 2.24) is 0 Å². The normalized spacial score (nSPS) is 22.7. The number of hydrogen-bond acceptors (Lipinski definition) is 4. The lowest BCUT2D eigenvalue weighted by molar-refractivity contribution is -0.127. The van der Waals surface area contributed by atoms with Crippen LogP contribution >= 0.6 is 0 Å². The molecule has 3 atom stereocenters. The highest BCUT2D eigenvalue weighted by Crippen LogP contribution is 2.53. The fourth-order valence-corrected chi connectivity index (χ4v) is 4.47. The molecule has 3 aromatic rings. The zero-order valence-corrected chi connectivity index (χ0v) is 15.6. The molecule has 0 bridgehead atoms. The number of aryl methyl sites for hydroxylation is 1. The second kappa shape index (κ2) is 6.09. The number of ether oxygens (including phenoxy) is 1. The van der Waals surface area contributed by atoms with Crippen LogP contribution in [0.25, 0.3) is 0 Å². The second-order valence-electron chi connectivity index (χ2n) is 7.33. The van der Waals surface area contributed by atoms with Gasteiger partial charge in [-0.2, -0.15) is 0 Å². The minimum atomic E-state index is -0.541. The quantitative estimate of drug-likeness (QED) is 0.651. The molecule has 0 N–H and O–H groups in total. The first kappa shape index (κ1) is 16.8. The highest BCUT2D eigenvalue weighted by molar-refractivity contribution is 6.00. The Hall–Kier alpha value is -3.34. The van der Waals surface area contributed by atoms with E-state index in [4.69, 9.17) is 9.15 Å². The smallest absolute Gasteiger partial charge is 0.343 e. The number of benzene rings is 2. The van der Waals surface area contributed by atoms with E-state index in [2.05, 4.69) is 0 Å². The van der Waals surface area contributed by atoms with Gasteiger partial charge in [-0.1, -0.05) is 48.5 Å². The van der Waals surface area contributed by atoms with Crippen LogP contribution in [0.5, 0.6) is 5.75 Å². The third-order valence-corrected chi connectivity index (χ3v) is 5.70. The number of anilines is 1. The van der Waals surface area contributed by atoms with Crippen molar-refractivity contribution in [3.63, 3.8) is 0 Å². The molecule has 0 saturated carbocycles. The predicted molar refractivity (Wildman–Crippen MR) is 105 cm³/mol. The van der Waals surface area contributed by atoms with Crippen LogP contribution in [-0.4, -0.2) is 13.0 Å². The largest absolute Gasteiger partial charge is 0.484 e. The van der Waals surface area contributed by atoms with Crippen molar-refractivity contribution in [3.8, 4) is 5.75 Å². The first-order valence-corrected chi connectivity index (χ1v) is 9.29. The summed E-state index contributed by atoms with van der Waals surface area (Å²) >= 11 is 0. The molecular weight excluding hydrogens is 354 g/mol. The maximum Gasteiger partial charge on any atom is 0.343 e. The number of hydrogen-bond donors (Lipinski definition) is 0. The molecule has 0 aliphatic carbocycles. The third kappa shape index (κ3) is 2.32. The standard InChI is InChI=1S/C23H19NO4/c1-13-12-17-19(23(26)27-13)18-15-10-6-7-11-16(15)24(2)22(25)20(18)21(28-17)14-8-4-3-5-9-14/h3-12,18,20-21H,1-2H3. The molecule has 2 aliphatic rings. The molecule has 5 rings (SSSR count). The Morgan fingerprint density at radius 3 is 2.46 bits per heavy atom. The Morgan fingerprint density at radius 2 is 1.68 bits per heavy atom. The zero-order valence-electron chi connectivity index (χ0n) is 15.6. The molecule has 1 amide bonds. The van der Waals surface area contributed by atoms with Crippen molar-refractivity contribution < 1.29 is 13.9 Å². The van der Waals surface area contributed by atoms with Gasteiger partial charge in [-0.15, -0.1) is 0 Å². The summed E-state index contributed by atoms with van der Waals surface area (Å²) in [5.74, 6) is -0.0353. The highest BCUT2D eigenvalue weighted by Gasteiger charge is 2.50. The summed E-state index contributed by atoms with van der Waals surface area (Å²) in [6.07, 6.45) is -0.483. The van der Waals surface area contributed by atoms with Crippen LogP contribution in [0.15, 0.2) is 69.9 Å². The Kier molecular flexibility index (Phi) is 3.66. The number of carbonyl (C=O) groups excluding carboxylic acids is 1. The van der Waals surface area contributed by atoms with Gasteiger partial charge in [0.25, 0.3) is 0 Å². The van der Waals surface area contributed by atoms with E-state index in [1.165, 1.54) is 0 Å². The minimum Gasteiger partial charge on any atom is -0.484 e. The van der Waals surface area contributed by atoms with E-state index in [0.717, 1.165) is 16.8 Å². The van der Waals surface area contributed by atoms with Crippen molar-refractivity contribution in [2.45, 2.75) is 18.9 Å². The molecule has 3 heterocycles. The van der Waals surface area contributed by atoms with E-state index < -0.39 is 23.6 Å². The minimum absolute atomic E-state index is 0.0665. The molecular formula is C23H19NO4. The molecule has 5 nitrogen and oxygen atoms in total. The number of carbonyl (C=O) groups is 1. The predicted octanol–water partition coefficient (Wildman–Crippen LogP) is 3.81. The SMILES string of the molecule is Cc1cc2c(c(=O)o1)C1c3ccccc3N(C)C(=O)C1C(c1ccccc1)O2. The molecule has 140 valence electrons. The lowest BCUT2D eigenvalue weighted by Gasteiger charge is -2.44. The van der Waals surface area contributed by atoms with Crippen molar-refractivity contribution in [2.75, 3.05) is 11.9 Å². The van der Waals surface area contributed by atoms with Crippen LogP contribution < -0.4 is 15.3 Å². The highest BCUT2D eigenvalue weighted by atomic mass is 16.5. The first-order valence-electron chi connectivity index (χ1n) is 9.29. The van der Waals surface area contributed by atoms with Crippen LogP contribution in [0.1, 0.15) is 34.5 Å². The average Bonchev–Trinajstić information content (AvgIpc) is 2.71. The summed E-state index contributed by atoms with van der Waals surface area (Å²) in [6.45, 7) is 1.72. The van der Waals surface area contributed by atoms with Crippen LogP contribution in [-0.2, 0) is 4.79 Å². The maximum absolute atomic E-state index is 13.4. The van der Waals surface area contributed by atoms with E-state index in [1.54, 1.807) is 24.9 Å². The van der Waals surface area contributed by atoms with E-state index in [0.29, 0.717) is 17.1 Å². The summed E-state index contributed by atoms with van der Waals surface area (Å²) in [7, 11) is 1.77. The molecule has 3 unspecified atom stereocenters. The fraction of sp³-hybridized carbons (Fsp3) is 0.217. The Bertz CT molecular complexity index is 1130. The van der Waals surface area contributed by atoms with Crippen molar-refractivity contribution in [3.05, 3.63) is 93.5 Å². The zero-order chi connectivity index (χ0) is 19.4. The van der Waals surface area contributed by atoms with Gasteiger partial charge in [-0.3, -0.25) is 4.79 Å². The molecule has 5 heteroatoms. The number of nitrogens with zero attached hydrogens (tertiary/aromatic N) is 1. The molecule has 28 heavy (non-hydrogen) atoms. The topological polar surface area (TPSA) is 59.8 Å². The monoisotopic (exact) mass is 373 g/mol. The molecule has 2 aromatic carbocycles. The van der Waals surface area contributed by atoms with Gasteiger partial charge < -0.3 is 14.1 Å². The third-order valence-electron chi connectivity index (χ3n) is 5.70. The first-order chi connectivity index (χ1) is 13.6. The number of para-hydroxylation sites is 1. The summed E-state index contributed by atoms with van der Waals surface area (Å²) in [5, 5.41) is 0. The number of rotatable bonds is 1. The Balaban J connectivity index is 1.82. The van der Waals surface area contributed by atoms with Crippen molar-refractivity contribution in [2.24, 2.45) is 5.92 Å². The molecule has 0 radical (unpaired) electrons. The van der Waals surface area contributed by atoms with Gasteiger partial charge in [0, 0.05) is 24.7 Å². The van der Waals surface area contributed by atoms with Gasteiger partial charge in [-0.05, 0) is 24.1 Å². The van der Waals surface area contributed by atoms with E-state index in [-0.39, 0.29) is 5.91 Å². The summed E-state index contributed by atoms with van der Waals surface area (Å²) in [4.78, 5) is 27.9. The van der Waals surface area contributed by atoms with Crippen molar-refractivity contribution in [1.29, 1.82) is 0 Å². The maximum atomic E-state index is 13.4. The fourth-order valence-electron chi connectivity index (χ4n) is 4.47. The Morgan fingerprint density at radius 1 is 0.964 bits per heavy atom. The van der Waals surface area contributed by atoms with E-state index in [1.807, 2.05) is 54.6 Å². The molecule has 1 aromatic heterocycles. The average molecular weight is 373 g/mol. The summed E-state index contributed by atoms with van der Waals surface area (Å²) < 4.78 is 11.7. The van der Waals surface area contributed by atoms with Gasteiger partial charge in [0.2, 0.25) is 5.91 Å². The van der Waals surface area contributed by atoms with E-state index >= 15 is 0 Å². The number of fused-ring (bicyclic) bond motifs is 5. The van der Waals surface area contributed by atoms with Gasteiger partial charge in [-0.25, -0.2) is 4.79 Å². The molecule has 0 spiro atoms. The molecule has 0 fully saturated rings. The molecule has 2 aliphatic heterocycles. The van der Waals surface area contributed by atoms with Gasteiger partial charge >= 0.3 is 5.63 Å². The van der Waals surface area contributed by atoms with Crippen molar-refractivity contribution >= 4 is 11.6 Å². The molecule has 0 saturated heterocycles. The lowest BCUT2D eigenvalue weighted by Crippen LogP contribution is -2.48. The van der Waals surface area contributed by atoms with Gasteiger partial charge in [0.1, 0.15) is 17.6 Å². The van der Waals surface area contributed by atoms with Crippen LogP contribution in [0.2, 0.25) is 0 Å². The van der Waals surface area contributed by atoms with Gasteiger partial charge in [0.15, 0.2) is 0 Å². The van der Waals surface area contributed by atoms with Gasteiger partial charge in [0.05, 0.1) is 11.5 Å². The van der Waals surface area contributed by atoms with Crippen LogP contribution in [0.4, 0.5) is 5.69 Å². The van der Waals surface area contributed by atoms with E-state index in [9.17, 15) is 9.59 Å². The van der Waals surface area contributed by atoms with Crippen LogP contribution in [0.3, 0.4) is 0 Å². The second-order valence-corrected chi connectivity index (χ2v) is 7.33.